The zero-order valence-electron chi connectivity index (χ0n) is 13.8. The van der Waals surface area contributed by atoms with E-state index in [9.17, 15) is 0 Å². The molecule has 0 spiro atoms. The van der Waals surface area contributed by atoms with E-state index in [1.165, 1.54) is 40.6 Å². The first kappa shape index (κ1) is 16.5. The van der Waals surface area contributed by atoms with E-state index in [0.717, 1.165) is 0 Å². The van der Waals surface area contributed by atoms with Crippen molar-refractivity contribution in [2.24, 2.45) is 0 Å². The lowest BCUT2D eigenvalue weighted by Gasteiger charge is -2.37. The second-order valence-electron chi connectivity index (χ2n) is 7.73. The van der Waals surface area contributed by atoms with Crippen LogP contribution in [0.1, 0.15) is 96.3 Å². The van der Waals surface area contributed by atoms with Crippen LogP contribution in [0.25, 0.3) is 0 Å². The maximum Gasteiger partial charge on any atom is 0.0372 e. The van der Waals surface area contributed by atoms with Crippen molar-refractivity contribution in [3.63, 3.8) is 0 Å². The van der Waals surface area contributed by atoms with Gasteiger partial charge in [0.05, 0.1) is 0 Å². The Morgan fingerprint density at radius 2 is 0.952 bits per heavy atom. The fourth-order valence-corrected chi connectivity index (χ4v) is 20.9. The minimum atomic E-state index is -0.00455. The van der Waals surface area contributed by atoms with Crippen molar-refractivity contribution in [2.75, 3.05) is 0 Å². The maximum absolute atomic E-state index is 1.63. The van der Waals surface area contributed by atoms with Gasteiger partial charge in [0.2, 0.25) is 0 Å². The van der Waals surface area contributed by atoms with E-state index in [0.29, 0.717) is 0 Å². The molecule has 3 aliphatic carbocycles. The van der Waals surface area contributed by atoms with E-state index in [1.54, 1.807) is 89.9 Å². The highest BCUT2D eigenvalue weighted by Crippen LogP contribution is 2.41. The summed E-state index contributed by atoms with van der Waals surface area (Å²) in [6.45, 7) is 0. The Hall–Kier alpha value is 0.651. The lowest BCUT2D eigenvalue weighted by atomic mass is 9.99. The summed E-state index contributed by atoms with van der Waals surface area (Å²) in [6.07, 6.45) is 23.7. The van der Waals surface area contributed by atoms with Crippen LogP contribution in [0.2, 0.25) is 16.6 Å². The van der Waals surface area contributed by atoms with Crippen LogP contribution in [0, 0.1) is 0 Å². The van der Waals surface area contributed by atoms with Crippen molar-refractivity contribution in [1.82, 2.24) is 0 Å². The Balaban J connectivity index is 1.54. The average molecular weight is 334 g/mol. The molecule has 0 amide bonds. The van der Waals surface area contributed by atoms with E-state index in [2.05, 4.69) is 0 Å². The van der Waals surface area contributed by atoms with E-state index in [-0.39, 0.29) is 8.31 Å². The molecule has 0 aromatic carbocycles. The Morgan fingerprint density at radius 1 is 0.524 bits per heavy atom. The lowest BCUT2D eigenvalue weighted by molar-refractivity contribution is 0.467. The highest BCUT2D eigenvalue weighted by Gasteiger charge is 2.33. The van der Waals surface area contributed by atoms with Crippen molar-refractivity contribution in [2.45, 2.75) is 113 Å². The molecule has 3 rings (SSSR count). The summed E-state index contributed by atoms with van der Waals surface area (Å²) >= 11 is 0. The van der Waals surface area contributed by atoms with Crippen molar-refractivity contribution in [3.05, 3.63) is 0 Å². The normalized spacial score (nSPS) is 27.3. The molecule has 5 radical (unpaired) electrons. The third-order valence-corrected chi connectivity index (χ3v) is 19.3. The first-order valence-corrected chi connectivity index (χ1v) is 15.5. The van der Waals surface area contributed by atoms with Gasteiger partial charge in [-0.25, -0.2) is 0 Å². The molecule has 3 fully saturated rings. The summed E-state index contributed by atoms with van der Waals surface area (Å²) in [5.41, 5.74) is 3.65. The second-order valence-corrected chi connectivity index (χ2v) is 17.2. The van der Waals surface area contributed by atoms with Gasteiger partial charge in [0.25, 0.3) is 0 Å². The molecule has 0 heterocycles. The lowest BCUT2D eigenvalue weighted by Crippen LogP contribution is -2.40. The van der Waals surface area contributed by atoms with Crippen molar-refractivity contribution < 1.29 is 0 Å². The molecule has 0 aromatic heterocycles. The molecule has 21 heavy (non-hydrogen) atoms. The standard InChI is InChI=1S/C18H33Si3/c1-4-10-16(11-5-1)19-20-21(17-12-6-2-7-13-17)18-14-8-3-9-15-18/h16-18H,1-15H2. The van der Waals surface area contributed by atoms with Crippen LogP contribution < -0.4 is 0 Å². The van der Waals surface area contributed by atoms with Crippen LogP contribution in [0.4, 0.5) is 0 Å². The van der Waals surface area contributed by atoms with E-state index < -0.39 is 0 Å². The quantitative estimate of drug-likeness (QED) is 0.564. The number of rotatable bonds is 5. The monoisotopic (exact) mass is 333 g/mol. The molecule has 0 nitrogen and oxygen atoms in total. The molecular formula is C18H33Si3. The molecule has 3 aliphatic rings. The van der Waals surface area contributed by atoms with Crippen LogP contribution >= 0.6 is 0 Å². The van der Waals surface area contributed by atoms with Gasteiger partial charge in [0.15, 0.2) is 0 Å². The van der Waals surface area contributed by atoms with E-state index in [4.69, 9.17) is 0 Å². The molecule has 3 heteroatoms. The number of hydrogen-bond donors (Lipinski definition) is 0. The summed E-state index contributed by atoms with van der Waals surface area (Å²) in [4.78, 5) is 0. The summed E-state index contributed by atoms with van der Waals surface area (Å²) in [6, 6.07) is 0. The zero-order valence-corrected chi connectivity index (χ0v) is 16.8. The van der Waals surface area contributed by atoms with Gasteiger partial charge in [-0.15, -0.1) is 0 Å². The topological polar surface area (TPSA) is 0 Å². The first-order valence-electron chi connectivity index (χ1n) is 9.82. The second kappa shape index (κ2) is 9.07. The van der Waals surface area contributed by atoms with Gasteiger partial charge in [-0.05, 0) is 11.1 Å². The van der Waals surface area contributed by atoms with Gasteiger partial charge >= 0.3 is 0 Å². The van der Waals surface area contributed by atoms with Gasteiger partial charge in [-0.1, -0.05) is 102 Å². The van der Waals surface area contributed by atoms with Gasteiger partial charge in [0.1, 0.15) is 0 Å². The van der Waals surface area contributed by atoms with Crippen LogP contribution in [-0.4, -0.2) is 25.9 Å². The first-order chi connectivity index (χ1) is 10.4. The highest BCUT2D eigenvalue weighted by atomic mass is 29.5. The number of hydrogen-bond acceptors (Lipinski definition) is 0. The van der Waals surface area contributed by atoms with Crippen LogP contribution in [-0.2, 0) is 0 Å². The molecule has 117 valence electrons. The summed E-state index contributed by atoms with van der Waals surface area (Å²) in [7, 11) is 2.82. The fraction of sp³-hybridized carbons (Fsp3) is 1.00. The predicted molar refractivity (Wildman–Crippen MR) is 97.8 cm³/mol. The van der Waals surface area contributed by atoms with Crippen LogP contribution in [0.15, 0.2) is 0 Å². The smallest absolute Gasteiger partial charge is 0.0372 e. The van der Waals surface area contributed by atoms with Gasteiger partial charge in [-0.2, -0.15) is 0 Å². The summed E-state index contributed by atoms with van der Waals surface area (Å²) < 4.78 is 0. The molecule has 0 atom stereocenters. The Bertz CT molecular complexity index is 258. The van der Waals surface area contributed by atoms with Gasteiger partial charge < -0.3 is 0 Å². The van der Waals surface area contributed by atoms with Crippen molar-refractivity contribution >= 4 is 25.9 Å². The fourth-order valence-electron chi connectivity index (χ4n) is 4.80. The molecule has 3 saturated carbocycles. The molecule has 0 aliphatic heterocycles. The van der Waals surface area contributed by atoms with Gasteiger partial charge in [0, 0.05) is 25.9 Å². The molecule has 0 N–H and O–H groups in total. The molecule has 0 aromatic rings. The summed E-state index contributed by atoms with van der Waals surface area (Å²) in [5.74, 6) is 0. The van der Waals surface area contributed by atoms with E-state index >= 15 is 0 Å². The highest BCUT2D eigenvalue weighted by molar-refractivity contribution is 7.36. The van der Waals surface area contributed by atoms with Crippen LogP contribution in [0.5, 0.6) is 0 Å². The molecule has 0 unspecified atom stereocenters. The largest absolute Gasteiger partial charge is 0.0535 e. The van der Waals surface area contributed by atoms with Crippen molar-refractivity contribution in [1.29, 1.82) is 0 Å². The third kappa shape index (κ3) is 5.07. The van der Waals surface area contributed by atoms with Crippen molar-refractivity contribution in [3.8, 4) is 0 Å². The Morgan fingerprint density at radius 3 is 1.43 bits per heavy atom. The molecular weight excluding hydrogens is 300 g/mol. The third-order valence-electron chi connectivity index (χ3n) is 6.12. The SMILES string of the molecule is C1CCC([Si][Si][Si](C2CCCCC2)C2CCCCC2)CC1. The minimum absolute atomic E-state index is 0.00455. The van der Waals surface area contributed by atoms with Gasteiger partial charge in [-0.3, -0.25) is 0 Å². The minimum Gasteiger partial charge on any atom is -0.0535 e. The Labute approximate surface area is 139 Å². The Kier molecular flexibility index (Phi) is 7.13. The molecule has 0 saturated heterocycles. The van der Waals surface area contributed by atoms with Crippen LogP contribution in [0.3, 0.4) is 0 Å². The summed E-state index contributed by atoms with van der Waals surface area (Å²) in [5, 5.41) is 0. The zero-order chi connectivity index (χ0) is 14.3. The maximum atomic E-state index is 1.63. The van der Waals surface area contributed by atoms with E-state index in [1.807, 2.05) is 0 Å². The average Bonchev–Trinajstić information content (AvgIpc) is 2.58. The molecule has 0 bridgehead atoms. The predicted octanol–water partition coefficient (Wildman–Crippen LogP) is 5.72.